The van der Waals surface area contributed by atoms with E-state index in [1.807, 2.05) is 19.1 Å². The molecule has 0 aliphatic heterocycles. The average molecular weight is 622 g/mol. The predicted octanol–water partition coefficient (Wildman–Crippen LogP) is 6.92. The molecule has 0 bridgehead atoms. The van der Waals surface area contributed by atoms with E-state index in [1.165, 1.54) is 11.1 Å². The number of ether oxygens (including phenoxy) is 2. The fraction of sp³-hybridized carbons (Fsp3) is 0.346. The fourth-order valence-corrected chi connectivity index (χ4v) is 5.25. The number of hydrogen-bond donors (Lipinski definition) is 0. The van der Waals surface area contributed by atoms with Crippen LogP contribution in [0, 0.1) is 12.3 Å². The zero-order valence-corrected chi connectivity index (χ0v) is 23.1. The Labute approximate surface area is 225 Å². The van der Waals surface area contributed by atoms with E-state index in [4.69, 9.17) is 32.5 Å². The van der Waals surface area contributed by atoms with E-state index >= 15 is 0 Å². The Bertz CT molecular complexity index is 1380. The third kappa shape index (κ3) is 5.58. The third-order valence-electron chi connectivity index (χ3n) is 5.87. The van der Waals surface area contributed by atoms with Crippen molar-refractivity contribution in [2.75, 3.05) is 13.2 Å². The molecule has 1 heterocycles. The molecule has 3 aromatic rings. The van der Waals surface area contributed by atoms with E-state index < -0.39 is 0 Å². The van der Waals surface area contributed by atoms with Gasteiger partial charge in [-0.25, -0.2) is 4.98 Å². The highest BCUT2D eigenvalue weighted by Gasteiger charge is 2.23. The molecule has 0 saturated heterocycles. The molecule has 1 aliphatic carbocycles. The normalized spacial score (nSPS) is 14.4. The molecule has 1 aromatic heterocycles. The summed E-state index contributed by atoms with van der Waals surface area (Å²) in [6, 6.07) is 7.29. The zero-order chi connectivity index (χ0) is 24.9. The molecular formula is C26H24Br2ClN3O3. The number of fused-ring (bicyclic) bond motifs is 1. The summed E-state index contributed by atoms with van der Waals surface area (Å²) in [7, 11) is 0. The molecule has 6 nitrogen and oxygen atoms in total. The van der Waals surface area contributed by atoms with Crippen LogP contribution in [0.2, 0.25) is 5.02 Å². The first-order valence-electron chi connectivity index (χ1n) is 11.4. The van der Waals surface area contributed by atoms with Crippen LogP contribution in [0.1, 0.15) is 56.3 Å². The van der Waals surface area contributed by atoms with Gasteiger partial charge in [0.2, 0.25) is 0 Å². The van der Waals surface area contributed by atoms with Gasteiger partial charge in [-0.05, 0) is 60.0 Å². The minimum absolute atomic E-state index is 0.0537. The smallest absolute Gasteiger partial charge is 0.282 e. The Balaban J connectivity index is 1.84. The molecule has 0 unspecified atom stereocenters. The van der Waals surface area contributed by atoms with Crippen molar-refractivity contribution in [3.8, 4) is 23.8 Å². The van der Waals surface area contributed by atoms with Crippen molar-refractivity contribution in [3.05, 3.63) is 60.0 Å². The molecule has 35 heavy (non-hydrogen) atoms. The number of halogens is 3. The van der Waals surface area contributed by atoms with E-state index in [1.54, 1.807) is 18.3 Å². The minimum Gasteiger partial charge on any atom is -0.490 e. The van der Waals surface area contributed by atoms with Crippen LogP contribution in [0.25, 0.3) is 10.9 Å². The highest BCUT2D eigenvalue weighted by Crippen LogP contribution is 2.42. The molecule has 1 fully saturated rings. The molecule has 0 spiro atoms. The van der Waals surface area contributed by atoms with Crippen molar-refractivity contribution in [1.29, 1.82) is 0 Å². The van der Waals surface area contributed by atoms with Crippen molar-refractivity contribution < 1.29 is 9.47 Å². The third-order valence-corrected chi connectivity index (χ3v) is 7.81. The molecule has 182 valence electrons. The molecule has 2 aromatic carbocycles. The lowest BCUT2D eigenvalue weighted by Crippen LogP contribution is -2.25. The molecule has 1 aliphatic rings. The summed E-state index contributed by atoms with van der Waals surface area (Å²) >= 11 is 13.5. The van der Waals surface area contributed by atoms with Gasteiger partial charge in [-0.1, -0.05) is 52.7 Å². The average Bonchev–Trinajstić information content (AvgIpc) is 2.87. The van der Waals surface area contributed by atoms with Crippen LogP contribution in [-0.4, -0.2) is 29.1 Å². The summed E-state index contributed by atoms with van der Waals surface area (Å²) in [4.78, 5) is 18.4. The van der Waals surface area contributed by atoms with Crippen LogP contribution in [-0.2, 0) is 0 Å². The predicted molar refractivity (Wildman–Crippen MR) is 147 cm³/mol. The van der Waals surface area contributed by atoms with E-state index in [2.05, 4.69) is 42.9 Å². The van der Waals surface area contributed by atoms with Crippen LogP contribution in [0.4, 0.5) is 0 Å². The maximum absolute atomic E-state index is 13.5. The van der Waals surface area contributed by atoms with Crippen LogP contribution < -0.4 is 15.0 Å². The van der Waals surface area contributed by atoms with Gasteiger partial charge in [0, 0.05) is 20.4 Å². The second kappa shape index (κ2) is 11.6. The van der Waals surface area contributed by atoms with Gasteiger partial charge in [0.1, 0.15) is 17.5 Å². The van der Waals surface area contributed by atoms with Crippen molar-refractivity contribution in [2.45, 2.75) is 44.9 Å². The first kappa shape index (κ1) is 25.7. The van der Waals surface area contributed by atoms with Crippen molar-refractivity contribution in [3.63, 3.8) is 0 Å². The number of hydrogen-bond acceptors (Lipinski definition) is 5. The molecule has 1 saturated carbocycles. The lowest BCUT2D eigenvalue weighted by Gasteiger charge is -2.22. The number of terminal acetylenes is 1. The molecule has 0 N–H and O–H groups in total. The Morgan fingerprint density at radius 2 is 2.03 bits per heavy atom. The summed E-state index contributed by atoms with van der Waals surface area (Å²) in [6.07, 6.45) is 12.3. The van der Waals surface area contributed by atoms with Gasteiger partial charge in [0.25, 0.3) is 5.56 Å². The van der Waals surface area contributed by atoms with Crippen LogP contribution in [0.15, 0.2) is 43.1 Å². The molecule has 9 heteroatoms. The quantitative estimate of drug-likeness (QED) is 0.212. The van der Waals surface area contributed by atoms with E-state index in [-0.39, 0.29) is 18.1 Å². The number of nitrogens with zero attached hydrogens (tertiary/aromatic N) is 3. The minimum atomic E-state index is -0.214. The topological polar surface area (TPSA) is 65.7 Å². The van der Waals surface area contributed by atoms with Gasteiger partial charge in [-0.3, -0.25) is 4.79 Å². The van der Waals surface area contributed by atoms with E-state index in [9.17, 15) is 4.79 Å². The van der Waals surface area contributed by atoms with Crippen LogP contribution in [0.3, 0.4) is 0 Å². The Kier molecular flexibility index (Phi) is 8.53. The molecule has 0 atom stereocenters. The standard InChI is InChI=1S/C26H24Br2ClN3O3/c1-3-12-35-24-21(34-4-2)13-17(22(28)23(24)29)15-30-32-25(16-8-6-5-7-9-16)31-20-11-10-18(27)14-19(20)26(32)33/h1,10-11,13-16H,4-9,12H2,2H3. The second-order valence-corrected chi connectivity index (χ2v) is 10.3. The van der Waals surface area contributed by atoms with Gasteiger partial charge in [-0.2, -0.15) is 9.78 Å². The van der Waals surface area contributed by atoms with Crippen molar-refractivity contribution >= 4 is 60.6 Å². The first-order valence-corrected chi connectivity index (χ1v) is 13.4. The Morgan fingerprint density at radius 1 is 1.26 bits per heavy atom. The zero-order valence-electron chi connectivity index (χ0n) is 19.2. The summed E-state index contributed by atoms with van der Waals surface area (Å²) in [6.45, 7) is 2.33. The lowest BCUT2D eigenvalue weighted by molar-refractivity contribution is 0.299. The maximum Gasteiger partial charge on any atom is 0.282 e. The second-order valence-electron chi connectivity index (χ2n) is 8.17. The molecular weight excluding hydrogens is 598 g/mol. The monoisotopic (exact) mass is 619 g/mol. The highest BCUT2D eigenvalue weighted by molar-refractivity contribution is 9.10. The SMILES string of the molecule is C#CCOc1c(OCC)cc(C=Nn2c(C3CCCCC3)nc3ccc(Br)cc3c2=O)c(Br)c1Cl. The largest absolute Gasteiger partial charge is 0.490 e. The van der Waals surface area contributed by atoms with Gasteiger partial charge in [-0.15, -0.1) is 6.42 Å². The number of aromatic nitrogens is 2. The van der Waals surface area contributed by atoms with Gasteiger partial charge in [0.15, 0.2) is 11.5 Å². The van der Waals surface area contributed by atoms with Crippen molar-refractivity contribution in [1.82, 2.24) is 9.66 Å². The van der Waals surface area contributed by atoms with Gasteiger partial charge in [0.05, 0.1) is 23.7 Å². The first-order chi connectivity index (χ1) is 16.9. The Hall–Kier alpha value is -2.34. The molecule has 0 radical (unpaired) electrons. The van der Waals surface area contributed by atoms with E-state index in [0.717, 1.165) is 30.2 Å². The molecule has 4 rings (SSSR count). The highest BCUT2D eigenvalue weighted by atomic mass is 79.9. The summed E-state index contributed by atoms with van der Waals surface area (Å²) in [5.41, 5.74) is 1.08. The summed E-state index contributed by atoms with van der Waals surface area (Å²) < 4.78 is 14.1. The number of benzene rings is 2. The molecule has 0 amide bonds. The van der Waals surface area contributed by atoms with Crippen LogP contribution in [0.5, 0.6) is 11.5 Å². The van der Waals surface area contributed by atoms with Crippen LogP contribution >= 0.6 is 43.5 Å². The maximum atomic E-state index is 13.5. The van der Waals surface area contributed by atoms with E-state index in [0.29, 0.717) is 49.9 Å². The summed E-state index contributed by atoms with van der Waals surface area (Å²) in [5.74, 6) is 4.08. The van der Waals surface area contributed by atoms with Gasteiger partial charge >= 0.3 is 0 Å². The summed E-state index contributed by atoms with van der Waals surface area (Å²) in [5, 5.41) is 5.42. The van der Waals surface area contributed by atoms with Gasteiger partial charge < -0.3 is 9.47 Å². The Morgan fingerprint density at radius 3 is 2.74 bits per heavy atom. The van der Waals surface area contributed by atoms with Crippen molar-refractivity contribution in [2.24, 2.45) is 5.10 Å². The number of rotatable bonds is 7. The fourth-order valence-electron chi connectivity index (χ4n) is 4.23. The lowest BCUT2D eigenvalue weighted by atomic mass is 9.88.